The molecule has 4 atom stereocenters. The van der Waals surface area contributed by atoms with E-state index in [-0.39, 0.29) is 42.5 Å². The second-order valence-corrected chi connectivity index (χ2v) is 10.5. The van der Waals surface area contributed by atoms with Crippen LogP contribution >= 0.6 is 0 Å². The molecule has 1 fully saturated rings. The van der Waals surface area contributed by atoms with Gasteiger partial charge in [-0.05, 0) is 43.7 Å². The number of amides is 1. The highest BCUT2D eigenvalue weighted by molar-refractivity contribution is 6.23. The third-order valence-electron chi connectivity index (χ3n) is 7.46. The van der Waals surface area contributed by atoms with Crippen molar-refractivity contribution in [1.29, 1.82) is 0 Å². The molecule has 2 aliphatic carbocycles. The van der Waals surface area contributed by atoms with Crippen molar-refractivity contribution in [2.45, 2.75) is 63.4 Å². The number of Topliss-reactive ketones (excluding diaryl/α,β-unsaturated/α-hetero) is 2. The number of halogens is 3. The Morgan fingerprint density at radius 3 is 2.46 bits per heavy atom. The monoisotopic (exact) mass is 557 g/mol. The van der Waals surface area contributed by atoms with Crippen LogP contribution < -0.4 is 16.0 Å². The number of ketones is 2. The molecular formula is C26H34F3N3O7. The summed E-state index contributed by atoms with van der Waals surface area (Å²) >= 11 is 0. The van der Waals surface area contributed by atoms with Gasteiger partial charge in [-0.3, -0.25) is 14.4 Å². The Kier molecular flexibility index (Phi) is 8.68. The lowest BCUT2D eigenvalue weighted by Gasteiger charge is -2.44. The van der Waals surface area contributed by atoms with E-state index in [9.17, 15) is 48.0 Å². The number of nitrogens with one attached hydrogen (secondary N) is 1. The van der Waals surface area contributed by atoms with Gasteiger partial charge in [-0.15, -0.1) is 0 Å². The van der Waals surface area contributed by atoms with Gasteiger partial charge in [0.1, 0.15) is 11.5 Å². The van der Waals surface area contributed by atoms with Crippen LogP contribution in [0.1, 0.15) is 49.3 Å². The fraction of sp³-hybridized carbons (Fsp3) is 0.577. The number of aliphatic hydroxyl groups excluding tert-OH is 2. The molecule has 13 heteroatoms. The molecule has 0 heterocycles. The van der Waals surface area contributed by atoms with Crippen LogP contribution in [0.4, 0.5) is 18.9 Å². The number of rotatable bonds is 10. The summed E-state index contributed by atoms with van der Waals surface area (Å²) in [6.07, 6.45) is -6.41. The van der Waals surface area contributed by atoms with Gasteiger partial charge in [-0.25, -0.2) is 0 Å². The number of nitrogens with zero attached hydrogens (tertiary/aromatic N) is 1. The first kappa shape index (κ1) is 30.4. The second-order valence-electron chi connectivity index (χ2n) is 10.5. The third-order valence-corrected chi connectivity index (χ3v) is 7.46. The molecule has 2 aliphatic rings. The van der Waals surface area contributed by atoms with Crippen molar-refractivity contribution >= 4 is 28.9 Å². The number of anilines is 1. The summed E-state index contributed by atoms with van der Waals surface area (Å²) in [6.45, 7) is 0.704. The molecule has 0 spiro atoms. The van der Waals surface area contributed by atoms with Crippen molar-refractivity contribution in [2.24, 2.45) is 17.6 Å². The van der Waals surface area contributed by atoms with E-state index in [0.717, 1.165) is 0 Å². The summed E-state index contributed by atoms with van der Waals surface area (Å²) in [4.78, 5) is 39.6. The minimum Gasteiger partial charge on any atom is -0.507 e. The normalized spacial score (nSPS) is 23.7. The first-order chi connectivity index (χ1) is 18.0. The van der Waals surface area contributed by atoms with Gasteiger partial charge in [0.05, 0.1) is 18.4 Å². The van der Waals surface area contributed by atoms with Crippen molar-refractivity contribution in [3.05, 3.63) is 28.3 Å². The van der Waals surface area contributed by atoms with E-state index in [2.05, 4.69) is 5.32 Å². The zero-order valence-corrected chi connectivity index (χ0v) is 21.9. The molecule has 10 nitrogen and oxygen atoms in total. The lowest BCUT2D eigenvalue weighted by atomic mass is 9.61. The van der Waals surface area contributed by atoms with Gasteiger partial charge < -0.3 is 36.4 Å². The summed E-state index contributed by atoms with van der Waals surface area (Å²) < 4.78 is 38.3. The van der Waals surface area contributed by atoms with E-state index >= 15 is 0 Å². The Labute approximate surface area is 223 Å². The number of carbonyl (C=O) groups excluding carboxylic acids is 3. The predicted molar refractivity (Wildman–Crippen MR) is 135 cm³/mol. The molecular weight excluding hydrogens is 523 g/mol. The second kappa shape index (κ2) is 11.1. The van der Waals surface area contributed by atoms with Gasteiger partial charge in [-0.2, -0.15) is 13.2 Å². The third kappa shape index (κ3) is 5.89. The van der Waals surface area contributed by atoms with E-state index in [0.29, 0.717) is 11.3 Å². The van der Waals surface area contributed by atoms with Gasteiger partial charge in [-0.1, -0.05) is 0 Å². The molecule has 1 aromatic carbocycles. The smallest absolute Gasteiger partial charge is 0.390 e. The van der Waals surface area contributed by atoms with Crippen LogP contribution in [0.5, 0.6) is 5.75 Å². The largest absolute Gasteiger partial charge is 0.507 e. The van der Waals surface area contributed by atoms with Crippen molar-refractivity contribution < 1.29 is 48.0 Å². The summed E-state index contributed by atoms with van der Waals surface area (Å²) in [7, 11) is 3.41. The molecule has 7 N–H and O–H groups in total. The lowest BCUT2D eigenvalue weighted by molar-refractivity contribution is -0.160. The maximum Gasteiger partial charge on any atom is 0.390 e. The number of fused-ring (bicyclic) bond motifs is 2. The summed E-state index contributed by atoms with van der Waals surface area (Å²) in [5, 5.41) is 46.0. The van der Waals surface area contributed by atoms with Crippen molar-refractivity contribution in [1.82, 2.24) is 5.32 Å². The number of hydrogen-bond acceptors (Lipinski definition) is 9. The summed E-state index contributed by atoms with van der Waals surface area (Å²) in [5.41, 5.74) is 3.16. The first-order valence-electron chi connectivity index (χ1n) is 12.5. The van der Waals surface area contributed by atoms with Gasteiger partial charge >= 0.3 is 6.18 Å². The van der Waals surface area contributed by atoms with Crippen LogP contribution in [0.3, 0.4) is 0 Å². The van der Waals surface area contributed by atoms with E-state index in [1.165, 1.54) is 6.92 Å². The molecule has 1 amide bonds. The van der Waals surface area contributed by atoms with Gasteiger partial charge in [0.15, 0.2) is 11.4 Å². The molecule has 39 heavy (non-hydrogen) atoms. The molecule has 0 aromatic heterocycles. The Morgan fingerprint density at radius 2 is 1.92 bits per heavy atom. The molecule has 216 valence electrons. The standard InChI is InChI=1S/C26H34F3N3O7/c1-12(10-25(27,28)29)31-11-14-8-17(32(2)3)16-7-13-6-15(4-5-33)26(39,18(34)9-19(30)35)24(38)20(13)23(37)21(16)22(14)36/h8,12-13,15,31,33,36-37,39H,4-7,9-11H2,1-3H3,(H2,30,35)/t12?,13-,15-,26-/m1/s1. The predicted octanol–water partition coefficient (Wildman–Crippen LogP) is 1.48. The summed E-state index contributed by atoms with van der Waals surface area (Å²) in [6, 6.07) is 0.608. The average Bonchev–Trinajstić information content (AvgIpc) is 2.79. The van der Waals surface area contributed by atoms with Crippen molar-refractivity contribution in [3.8, 4) is 5.75 Å². The highest BCUT2D eigenvalue weighted by Gasteiger charge is 2.57. The number of aliphatic hydroxyl groups is 3. The van der Waals surface area contributed by atoms with Gasteiger partial charge in [0, 0.05) is 56.0 Å². The number of primary amides is 1. The fourth-order valence-electron chi connectivity index (χ4n) is 5.66. The molecule has 0 radical (unpaired) electrons. The Balaban J connectivity index is 2.13. The number of alkyl halides is 3. The van der Waals surface area contributed by atoms with Gasteiger partial charge in [0.2, 0.25) is 11.7 Å². The minimum atomic E-state index is -4.39. The molecule has 1 unspecified atom stereocenters. The fourth-order valence-corrected chi connectivity index (χ4v) is 5.66. The summed E-state index contributed by atoms with van der Waals surface area (Å²) in [5.74, 6) is -6.22. The SMILES string of the molecule is CC(CC(F)(F)F)NCc1cc(N(C)C)c2c(c1O)C(O)=C1C(=O)[C@](O)(C(=O)CC(N)=O)[C@H](CCO)C[C@@H]1C2. The molecule has 0 aliphatic heterocycles. The molecule has 0 bridgehead atoms. The van der Waals surface area contributed by atoms with Crippen LogP contribution in [0.2, 0.25) is 0 Å². The minimum absolute atomic E-state index is 0.0119. The van der Waals surface area contributed by atoms with Crippen LogP contribution in [-0.2, 0) is 27.3 Å². The average molecular weight is 558 g/mol. The molecule has 1 aromatic rings. The zero-order chi connectivity index (χ0) is 29.4. The Bertz CT molecular complexity index is 1200. The zero-order valence-electron chi connectivity index (χ0n) is 21.9. The maximum atomic E-state index is 13.6. The van der Waals surface area contributed by atoms with Crippen LogP contribution in [-0.4, -0.2) is 76.4 Å². The molecule has 3 rings (SSSR count). The highest BCUT2D eigenvalue weighted by Crippen LogP contribution is 2.51. The van der Waals surface area contributed by atoms with E-state index in [4.69, 9.17) is 5.73 Å². The van der Waals surface area contributed by atoms with Gasteiger partial charge in [0.25, 0.3) is 0 Å². The molecule has 0 saturated heterocycles. The van der Waals surface area contributed by atoms with Crippen LogP contribution in [0, 0.1) is 11.8 Å². The highest BCUT2D eigenvalue weighted by atomic mass is 19.4. The number of hydrogen-bond donors (Lipinski definition) is 6. The van der Waals surface area contributed by atoms with Crippen molar-refractivity contribution in [3.63, 3.8) is 0 Å². The Hall–Kier alpha value is -3.16. The topological polar surface area (TPSA) is 173 Å². The number of nitrogens with two attached hydrogens (primary N) is 1. The number of benzene rings is 1. The first-order valence-corrected chi connectivity index (χ1v) is 12.5. The van der Waals surface area contributed by atoms with Crippen LogP contribution in [0.15, 0.2) is 11.6 Å². The molecule has 1 saturated carbocycles. The number of phenols is 1. The Morgan fingerprint density at radius 1 is 1.28 bits per heavy atom. The number of phenolic OH excluding ortho intramolecular Hbond substituents is 1. The number of aromatic hydroxyl groups is 1. The van der Waals surface area contributed by atoms with Crippen molar-refractivity contribution in [2.75, 3.05) is 25.6 Å². The maximum absolute atomic E-state index is 13.6. The van der Waals surface area contributed by atoms with Crippen LogP contribution in [0.25, 0.3) is 5.76 Å². The quantitative estimate of drug-likeness (QED) is 0.233. The van der Waals surface area contributed by atoms with E-state index < -0.39 is 78.1 Å². The number of carbonyl (C=O) groups is 3. The lowest BCUT2D eigenvalue weighted by Crippen LogP contribution is -2.59. The van der Waals surface area contributed by atoms with E-state index in [1.807, 2.05) is 0 Å². The van der Waals surface area contributed by atoms with E-state index in [1.54, 1.807) is 25.1 Å².